The number of carbonyl (C=O) groups is 3. The van der Waals surface area contributed by atoms with E-state index < -0.39 is 44.1 Å². The molecule has 0 spiro atoms. The molecular weight excluding hydrogens is 479 g/mol. The summed E-state index contributed by atoms with van der Waals surface area (Å²) in [5.41, 5.74) is 0. The molecule has 2 rings (SSSR count). The van der Waals surface area contributed by atoms with E-state index >= 15 is 0 Å². The Labute approximate surface area is 205 Å². The van der Waals surface area contributed by atoms with Gasteiger partial charge in [-0.2, -0.15) is 0 Å². The molecule has 0 bridgehead atoms. The number of hydrogen-bond donors (Lipinski definition) is 2. The smallest absolute Gasteiger partial charge is 0.410 e. The fraction of sp³-hybridized carbons (Fsp3) is 0.609. The molecule has 1 aliphatic heterocycles. The predicted octanol–water partition coefficient (Wildman–Crippen LogP) is 2.69. The lowest BCUT2D eigenvalue weighted by Crippen LogP contribution is -2.52. The average Bonchev–Trinajstić information content (AvgIpc) is 2.80. The Morgan fingerprint density at radius 3 is 2.23 bits per heavy atom. The third-order valence-electron chi connectivity index (χ3n) is 5.38. The summed E-state index contributed by atoms with van der Waals surface area (Å²) in [7, 11) is -4.14. The molecule has 1 aromatic carbocycles. The van der Waals surface area contributed by atoms with Gasteiger partial charge in [-0.1, -0.05) is 32.0 Å². The molecule has 0 aliphatic carbocycles. The van der Waals surface area contributed by atoms with Gasteiger partial charge in [-0.3, -0.25) is 14.2 Å². The van der Waals surface area contributed by atoms with E-state index in [1.165, 1.54) is 9.80 Å². The van der Waals surface area contributed by atoms with E-state index in [1.807, 2.05) is 32.0 Å². The van der Waals surface area contributed by atoms with Crippen LogP contribution in [-0.2, 0) is 23.4 Å². The molecular formula is C23H35N2O9P. The fourth-order valence-electron chi connectivity index (χ4n) is 3.47. The van der Waals surface area contributed by atoms with Gasteiger partial charge in [-0.05, 0) is 24.5 Å². The number of aliphatic carboxylic acids is 1. The van der Waals surface area contributed by atoms with Crippen molar-refractivity contribution in [1.29, 1.82) is 0 Å². The predicted molar refractivity (Wildman–Crippen MR) is 127 cm³/mol. The van der Waals surface area contributed by atoms with Crippen LogP contribution in [0.5, 0.6) is 5.75 Å². The molecule has 2 N–H and O–H groups in total. The van der Waals surface area contributed by atoms with Crippen LogP contribution >= 0.6 is 7.60 Å². The first-order valence-electron chi connectivity index (χ1n) is 11.6. The zero-order chi connectivity index (χ0) is 25.8. The van der Waals surface area contributed by atoms with E-state index in [2.05, 4.69) is 0 Å². The van der Waals surface area contributed by atoms with Crippen molar-refractivity contribution in [3.63, 3.8) is 0 Å². The van der Waals surface area contributed by atoms with Gasteiger partial charge in [0.05, 0.1) is 25.1 Å². The minimum atomic E-state index is -4.14. The Bertz CT molecular complexity index is 873. The molecule has 1 heterocycles. The highest BCUT2D eigenvalue weighted by Gasteiger charge is 2.36. The number of carboxylic acid groups (broad SMARTS) is 1. The zero-order valence-electron chi connectivity index (χ0n) is 20.2. The lowest BCUT2D eigenvalue weighted by atomic mass is 10.1. The average molecular weight is 515 g/mol. The molecule has 0 aromatic heterocycles. The normalized spacial score (nSPS) is 16.5. The van der Waals surface area contributed by atoms with Crippen molar-refractivity contribution in [2.75, 3.05) is 52.2 Å². The fourth-order valence-corrected chi connectivity index (χ4v) is 4.81. The standard InChI is InChI=1S/C23H35N2O9P/c1-18(2)8-13-34-35(30,31)17-19(16-21(26)27)22(28)24-9-11-25(12-10-24)23(29)33-15-14-32-20-6-4-3-5-7-20/h3-7,18-19H,8-17H2,1-2H3,(H,26,27)(H,30,31). The van der Waals surface area contributed by atoms with Crippen LogP contribution in [0.4, 0.5) is 4.79 Å². The Morgan fingerprint density at radius 2 is 1.63 bits per heavy atom. The number of carbonyl (C=O) groups excluding carboxylic acids is 2. The Hall–Kier alpha value is -2.62. The molecule has 0 radical (unpaired) electrons. The second-order valence-electron chi connectivity index (χ2n) is 8.72. The van der Waals surface area contributed by atoms with Crippen molar-refractivity contribution in [3.05, 3.63) is 30.3 Å². The summed E-state index contributed by atoms with van der Waals surface area (Å²) in [6.07, 6.45) is -1.12. The van der Waals surface area contributed by atoms with Crippen molar-refractivity contribution >= 4 is 25.6 Å². The second kappa shape index (κ2) is 14.1. The van der Waals surface area contributed by atoms with Crippen LogP contribution in [0, 0.1) is 11.8 Å². The molecule has 1 aromatic rings. The largest absolute Gasteiger partial charge is 0.490 e. The third kappa shape index (κ3) is 10.7. The van der Waals surface area contributed by atoms with Crippen molar-refractivity contribution in [3.8, 4) is 5.75 Å². The van der Waals surface area contributed by atoms with E-state index in [9.17, 15) is 28.9 Å². The quantitative estimate of drug-likeness (QED) is 0.300. The number of benzene rings is 1. The van der Waals surface area contributed by atoms with Crippen LogP contribution in [0.2, 0.25) is 0 Å². The summed E-state index contributed by atoms with van der Waals surface area (Å²) < 4.78 is 28.2. The zero-order valence-corrected chi connectivity index (χ0v) is 21.1. The topological polar surface area (TPSA) is 143 Å². The van der Waals surface area contributed by atoms with Gasteiger partial charge >= 0.3 is 19.7 Å². The van der Waals surface area contributed by atoms with Crippen LogP contribution in [0.1, 0.15) is 26.7 Å². The number of carboxylic acids is 1. The van der Waals surface area contributed by atoms with E-state index in [4.69, 9.17) is 14.0 Å². The third-order valence-corrected chi connectivity index (χ3v) is 6.87. The van der Waals surface area contributed by atoms with Crippen molar-refractivity contribution in [2.24, 2.45) is 11.8 Å². The first-order valence-corrected chi connectivity index (χ1v) is 13.4. The van der Waals surface area contributed by atoms with E-state index in [0.717, 1.165) is 0 Å². The molecule has 12 heteroatoms. The maximum Gasteiger partial charge on any atom is 0.410 e. The lowest BCUT2D eigenvalue weighted by molar-refractivity contribution is -0.144. The summed E-state index contributed by atoms with van der Waals surface area (Å²) in [5, 5.41) is 9.20. The van der Waals surface area contributed by atoms with Crippen LogP contribution in [-0.4, -0.2) is 89.9 Å². The summed E-state index contributed by atoms with van der Waals surface area (Å²) in [5.74, 6) is -2.05. The molecule has 11 nitrogen and oxygen atoms in total. The molecule has 35 heavy (non-hydrogen) atoms. The lowest BCUT2D eigenvalue weighted by Gasteiger charge is -2.35. The molecule has 196 valence electrons. The van der Waals surface area contributed by atoms with E-state index in [1.54, 1.807) is 12.1 Å². The van der Waals surface area contributed by atoms with E-state index in [0.29, 0.717) is 12.2 Å². The highest BCUT2D eigenvalue weighted by molar-refractivity contribution is 7.52. The van der Waals surface area contributed by atoms with Gasteiger partial charge < -0.3 is 33.8 Å². The van der Waals surface area contributed by atoms with Gasteiger partial charge in [0.2, 0.25) is 5.91 Å². The van der Waals surface area contributed by atoms with Gasteiger partial charge in [-0.25, -0.2) is 4.79 Å². The van der Waals surface area contributed by atoms with Crippen LogP contribution in [0.3, 0.4) is 0 Å². The number of para-hydroxylation sites is 1. The number of amides is 2. The molecule has 0 saturated carbocycles. The molecule has 2 amide bonds. The number of ether oxygens (including phenoxy) is 2. The summed E-state index contributed by atoms with van der Waals surface area (Å²) >= 11 is 0. The Balaban J connectivity index is 1.80. The highest BCUT2D eigenvalue weighted by atomic mass is 31.2. The molecule has 2 unspecified atom stereocenters. The van der Waals surface area contributed by atoms with Gasteiger partial charge in [0.15, 0.2) is 0 Å². The van der Waals surface area contributed by atoms with E-state index in [-0.39, 0.29) is 51.9 Å². The molecule has 1 fully saturated rings. The number of rotatable bonds is 13. The number of nitrogens with zero attached hydrogens (tertiary/aromatic N) is 2. The summed E-state index contributed by atoms with van der Waals surface area (Å²) in [6, 6.07) is 9.13. The van der Waals surface area contributed by atoms with Crippen LogP contribution in [0.25, 0.3) is 0 Å². The van der Waals surface area contributed by atoms with Gasteiger partial charge in [-0.15, -0.1) is 0 Å². The minimum absolute atomic E-state index is 0.0522. The van der Waals surface area contributed by atoms with Crippen molar-refractivity contribution in [1.82, 2.24) is 9.80 Å². The van der Waals surface area contributed by atoms with Gasteiger partial charge in [0, 0.05) is 26.2 Å². The SMILES string of the molecule is CC(C)CCOP(=O)(O)CC(CC(=O)O)C(=O)N1CCN(C(=O)OCCOc2ccccc2)CC1. The number of hydrogen-bond acceptors (Lipinski definition) is 7. The minimum Gasteiger partial charge on any atom is -0.490 e. The number of piperazine rings is 1. The maximum atomic E-state index is 12.9. The highest BCUT2D eigenvalue weighted by Crippen LogP contribution is 2.45. The van der Waals surface area contributed by atoms with Gasteiger partial charge in [0.1, 0.15) is 19.0 Å². The first kappa shape index (κ1) is 28.6. The summed E-state index contributed by atoms with van der Waals surface area (Å²) in [4.78, 5) is 49.5. The monoisotopic (exact) mass is 514 g/mol. The maximum absolute atomic E-state index is 12.9. The van der Waals surface area contributed by atoms with Gasteiger partial charge in [0.25, 0.3) is 0 Å². The van der Waals surface area contributed by atoms with Crippen molar-refractivity contribution in [2.45, 2.75) is 26.7 Å². The second-order valence-corrected chi connectivity index (χ2v) is 10.6. The molecule has 1 aliphatic rings. The Kier molecular flexibility index (Phi) is 11.5. The summed E-state index contributed by atoms with van der Waals surface area (Å²) in [6.45, 7) is 4.92. The first-order chi connectivity index (χ1) is 16.6. The molecule has 2 atom stereocenters. The van der Waals surface area contributed by atoms with Crippen LogP contribution in [0.15, 0.2) is 30.3 Å². The molecule has 1 saturated heterocycles. The van der Waals surface area contributed by atoms with Crippen LogP contribution < -0.4 is 4.74 Å². The van der Waals surface area contributed by atoms with Crippen molar-refractivity contribution < 1.29 is 42.9 Å². The Morgan fingerprint density at radius 1 is 1.00 bits per heavy atom.